The minimum Gasteiger partial charge on any atom is -0.493 e. The van der Waals surface area contributed by atoms with E-state index in [1.807, 2.05) is 6.92 Å². The van der Waals surface area contributed by atoms with Crippen molar-refractivity contribution < 1.29 is 27.5 Å². The Morgan fingerprint density at radius 1 is 1.36 bits per heavy atom. The highest BCUT2D eigenvalue weighted by atomic mass is 32.2. The molecule has 8 nitrogen and oxygen atoms in total. The van der Waals surface area contributed by atoms with Crippen molar-refractivity contribution in [3.63, 3.8) is 0 Å². The van der Waals surface area contributed by atoms with Gasteiger partial charge in [0.25, 0.3) is 5.91 Å². The molecule has 0 spiro atoms. The highest BCUT2D eigenvalue weighted by Gasteiger charge is 2.24. The van der Waals surface area contributed by atoms with Gasteiger partial charge in [0.2, 0.25) is 0 Å². The fourth-order valence-electron chi connectivity index (χ4n) is 2.62. The molecule has 0 unspecified atom stereocenters. The molecule has 3 N–H and O–H groups in total. The van der Waals surface area contributed by atoms with Gasteiger partial charge in [0.15, 0.2) is 17.8 Å². The zero-order valence-electron chi connectivity index (χ0n) is 15.7. The van der Waals surface area contributed by atoms with Gasteiger partial charge >= 0.3 is 0 Å². The molecule has 1 amide bonds. The third kappa shape index (κ3) is 5.23. The van der Waals surface area contributed by atoms with Crippen LogP contribution in [0.3, 0.4) is 0 Å². The van der Waals surface area contributed by atoms with Crippen molar-refractivity contribution >= 4 is 38.4 Å². The lowest BCUT2D eigenvalue weighted by atomic mass is 10.1. The second-order valence-electron chi connectivity index (χ2n) is 6.01. The first-order valence-corrected chi connectivity index (χ1v) is 11.3. The summed E-state index contributed by atoms with van der Waals surface area (Å²) in [4.78, 5) is 23.9. The van der Waals surface area contributed by atoms with Crippen molar-refractivity contribution in [1.82, 2.24) is 5.32 Å². The second kappa shape index (κ2) is 9.07. The minimum absolute atomic E-state index is 0.0883. The Morgan fingerprint density at radius 2 is 2.07 bits per heavy atom. The molecule has 0 bridgehead atoms. The molecular formula is C18H22N2O6S2. The number of sulfone groups is 1. The lowest BCUT2D eigenvalue weighted by Gasteiger charge is -2.20. The van der Waals surface area contributed by atoms with Gasteiger partial charge in [-0.2, -0.15) is 0 Å². The average molecular weight is 427 g/mol. The zero-order chi connectivity index (χ0) is 20.9. The molecule has 0 fully saturated rings. The quantitative estimate of drug-likeness (QED) is 0.588. The van der Waals surface area contributed by atoms with Crippen LogP contribution in [0.2, 0.25) is 0 Å². The predicted octanol–water partition coefficient (Wildman–Crippen LogP) is 2.07. The third-order valence-electron chi connectivity index (χ3n) is 3.89. The number of nitrogens with one attached hydrogen (secondary N) is 1. The first-order valence-electron chi connectivity index (χ1n) is 8.31. The molecule has 1 aromatic carbocycles. The Hall–Kier alpha value is -2.59. The van der Waals surface area contributed by atoms with E-state index >= 15 is 0 Å². The lowest BCUT2D eigenvalue weighted by molar-refractivity contribution is 0.0936. The van der Waals surface area contributed by atoms with E-state index in [0.717, 1.165) is 17.6 Å². The van der Waals surface area contributed by atoms with Crippen LogP contribution < -0.4 is 20.5 Å². The maximum atomic E-state index is 12.7. The molecule has 0 aliphatic heterocycles. The smallest absolute Gasteiger partial charge is 0.253 e. The number of carbonyl (C=O) groups is 2. The summed E-state index contributed by atoms with van der Waals surface area (Å²) < 4.78 is 34.6. The summed E-state index contributed by atoms with van der Waals surface area (Å²) in [6.45, 7) is 2.20. The largest absolute Gasteiger partial charge is 0.493 e. The van der Waals surface area contributed by atoms with Crippen LogP contribution >= 0.6 is 11.3 Å². The van der Waals surface area contributed by atoms with E-state index in [4.69, 9.17) is 15.2 Å². The van der Waals surface area contributed by atoms with Gasteiger partial charge in [-0.05, 0) is 24.6 Å². The molecule has 2 aromatic rings. The molecular weight excluding hydrogens is 404 g/mol. The molecule has 1 aromatic heterocycles. The van der Waals surface area contributed by atoms with Crippen LogP contribution in [0.5, 0.6) is 11.5 Å². The maximum Gasteiger partial charge on any atom is 0.253 e. The van der Waals surface area contributed by atoms with Crippen LogP contribution in [0.4, 0.5) is 5.00 Å². The van der Waals surface area contributed by atoms with E-state index in [2.05, 4.69) is 5.32 Å². The first kappa shape index (κ1) is 21.7. The van der Waals surface area contributed by atoms with Crippen LogP contribution in [0.15, 0.2) is 23.6 Å². The van der Waals surface area contributed by atoms with Gasteiger partial charge in [-0.25, -0.2) is 8.42 Å². The number of rotatable bonds is 9. The Bertz CT molecular complexity index is 968. The van der Waals surface area contributed by atoms with Crippen LogP contribution in [-0.2, 0) is 9.84 Å². The molecule has 0 saturated carbocycles. The molecule has 1 heterocycles. The Balaban J connectivity index is 2.41. The van der Waals surface area contributed by atoms with Gasteiger partial charge in [0.05, 0.1) is 41.6 Å². The van der Waals surface area contributed by atoms with Gasteiger partial charge in [0.1, 0.15) is 9.84 Å². The number of ether oxygens (including phenoxy) is 2. The topological polar surface area (TPSA) is 125 Å². The number of hydrogen-bond donors (Lipinski definition) is 2. The molecule has 10 heteroatoms. The molecule has 1 atom stereocenters. The van der Waals surface area contributed by atoms with Gasteiger partial charge < -0.3 is 20.5 Å². The molecule has 0 aliphatic carbocycles. The lowest BCUT2D eigenvalue weighted by Crippen LogP contribution is -2.33. The number of thiophene rings is 1. The van der Waals surface area contributed by atoms with E-state index in [-0.39, 0.29) is 21.9 Å². The zero-order valence-corrected chi connectivity index (χ0v) is 17.4. The van der Waals surface area contributed by atoms with Crippen molar-refractivity contribution in [2.75, 3.05) is 31.5 Å². The number of anilines is 1. The predicted molar refractivity (Wildman–Crippen MR) is 108 cm³/mol. The van der Waals surface area contributed by atoms with Crippen molar-refractivity contribution in [2.24, 2.45) is 0 Å². The normalized spacial score (nSPS) is 12.2. The Morgan fingerprint density at radius 3 is 2.64 bits per heavy atom. The summed E-state index contributed by atoms with van der Waals surface area (Å²) in [5, 5.41) is 4.37. The van der Waals surface area contributed by atoms with E-state index in [1.54, 1.807) is 18.2 Å². The monoisotopic (exact) mass is 426 g/mol. The SMILES string of the molecule is CCOc1cc([C@@H](CS(C)(=O)=O)NC(=O)c2csc(N)c2C=O)ccc1OC. The maximum absolute atomic E-state index is 12.7. The number of benzene rings is 1. The Labute approximate surface area is 167 Å². The van der Waals surface area contributed by atoms with Crippen LogP contribution in [0.25, 0.3) is 0 Å². The Kier molecular flexibility index (Phi) is 7.03. The van der Waals surface area contributed by atoms with Gasteiger partial charge in [0, 0.05) is 11.6 Å². The standard InChI is InChI=1S/C18H22N2O6S2/c1-4-26-16-7-11(5-6-15(16)25-2)14(10-28(3,23)24)20-18(22)13-9-27-17(19)12(13)8-21/h5-9,14H,4,10,19H2,1-3H3,(H,20,22)/t14-/m1/s1. The second-order valence-corrected chi connectivity index (χ2v) is 9.10. The van der Waals surface area contributed by atoms with Gasteiger partial charge in [-0.15, -0.1) is 11.3 Å². The summed E-state index contributed by atoms with van der Waals surface area (Å²) in [5.74, 6) is 0.0112. The van der Waals surface area contributed by atoms with E-state index in [1.165, 1.54) is 12.5 Å². The third-order valence-corrected chi connectivity index (χ3v) is 5.65. The fourth-order valence-corrected chi connectivity index (χ4v) is 4.26. The summed E-state index contributed by atoms with van der Waals surface area (Å²) in [5.41, 5.74) is 6.42. The van der Waals surface area contributed by atoms with Crippen LogP contribution in [0, 0.1) is 0 Å². The highest BCUT2D eigenvalue weighted by Crippen LogP contribution is 2.31. The van der Waals surface area contributed by atoms with E-state index in [9.17, 15) is 18.0 Å². The number of nitrogens with two attached hydrogens (primary N) is 1. The minimum atomic E-state index is -3.43. The number of carbonyl (C=O) groups excluding carboxylic acids is 2. The van der Waals surface area contributed by atoms with Crippen LogP contribution in [-0.4, -0.2) is 46.3 Å². The highest BCUT2D eigenvalue weighted by molar-refractivity contribution is 7.90. The molecule has 2 rings (SSSR count). The van der Waals surface area contributed by atoms with Crippen molar-refractivity contribution in [3.8, 4) is 11.5 Å². The fraction of sp³-hybridized carbons (Fsp3) is 0.333. The summed E-state index contributed by atoms with van der Waals surface area (Å²) in [6.07, 6.45) is 1.59. The van der Waals surface area contributed by atoms with Crippen molar-refractivity contribution in [1.29, 1.82) is 0 Å². The van der Waals surface area contributed by atoms with Crippen LogP contribution in [0.1, 0.15) is 39.2 Å². The number of nitrogen functional groups attached to an aromatic ring is 1. The van der Waals surface area contributed by atoms with Gasteiger partial charge in [-0.3, -0.25) is 9.59 Å². The van der Waals surface area contributed by atoms with Crippen molar-refractivity contribution in [2.45, 2.75) is 13.0 Å². The van der Waals surface area contributed by atoms with Crippen molar-refractivity contribution in [3.05, 3.63) is 40.3 Å². The molecule has 152 valence electrons. The average Bonchev–Trinajstić information content (AvgIpc) is 3.01. The van der Waals surface area contributed by atoms with E-state index < -0.39 is 21.8 Å². The molecule has 28 heavy (non-hydrogen) atoms. The molecule has 0 aliphatic rings. The first-order chi connectivity index (χ1) is 13.2. The number of amides is 1. The molecule has 0 saturated heterocycles. The number of methoxy groups -OCH3 is 1. The summed E-state index contributed by atoms with van der Waals surface area (Å²) >= 11 is 1.06. The summed E-state index contributed by atoms with van der Waals surface area (Å²) in [6, 6.07) is 4.07. The number of aldehydes is 1. The molecule has 0 radical (unpaired) electrons. The number of hydrogen-bond acceptors (Lipinski definition) is 8. The van der Waals surface area contributed by atoms with Gasteiger partial charge in [-0.1, -0.05) is 6.07 Å². The summed E-state index contributed by atoms with van der Waals surface area (Å²) in [7, 11) is -1.93. The van der Waals surface area contributed by atoms with E-state index in [0.29, 0.717) is 30.0 Å².